The number of hydrogen-bond acceptors (Lipinski definition) is 7. The van der Waals surface area contributed by atoms with E-state index in [2.05, 4.69) is 15.6 Å². The monoisotopic (exact) mass is 545 g/mol. The first-order chi connectivity index (χ1) is 19.5. The van der Waals surface area contributed by atoms with E-state index in [-0.39, 0.29) is 11.4 Å². The van der Waals surface area contributed by atoms with Gasteiger partial charge in [0.05, 0.1) is 11.4 Å². The molecule has 2 aromatic heterocycles. The fraction of sp³-hybridized carbons (Fsp3) is 0.0625. The Balaban J connectivity index is 1.49. The predicted octanol–water partition coefficient (Wildman–Crippen LogP) is 4.06. The van der Waals surface area contributed by atoms with Gasteiger partial charge in [-0.25, -0.2) is 0 Å². The van der Waals surface area contributed by atoms with Gasteiger partial charge >= 0.3 is 0 Å². The van der Waals surface area contributed by atoms with Crippen LogP contribution in [0.5, 0.6) is 0 Å². The first kappa shape index (κ1) is 24.3. The van der Waals surface area contributed by atoms with Crippen molar-refractivity contribution in [2.45, 2.75) is 12.2 Å². The molecule has 4 aromatic rings. The molecule has 7 nitrogen and oxygen atoms in total. The van der Waals surface area contributed by atoms with E-state index in [1.165, 1.54) is 11.3 Å². The van der Waals surface area contributed by atoms with Crippen molar-refractivity contribution in [1.29, 1.82) is 0 Å². The number of benzene rings is 2. The van der Waals surface area contributed by atoms with Gasteiger partial charge in [0.1, 0.15) is 17.9 Å². The number of H-pyrrole nitrogens is 1. The van der Waals surface area contributed by atoms with Gasteiger partial charge in [-0.2, -0.15) is 0 Å². The fourth-order valence-electron chi connectivity index (χ4n) is 5.32. The Morgan fingerprint density at radius 3 is 2.10 bits per heavy atom. The molecule has 2 atom stereocenters. The number of rotatable bonds is 2. The van der Waals surface area contributed by atoms with E-state index in [4.69, 9.17) is 0 Å². The average molecular weight is 546 g/mol. The number of allylic oxidation sites excluding steroid dienone is 2. The SMILES string of the molecule is O=C1C(=O)C2=C(c3ccccc3)c3ccc([nH]3)C=C3NC(=C(c4ccccc4)c4ccc(s4)C=C1N2)C(O)C3O. The van der Waals surface area contributed by atoms with Crippen LogP contribution < -0.4 is 10.6 Å². The maximum atomic E-state index is 13.3. The number of carbonyl (C=O) groups excluding carboxylic acids is 2. The number of aromatic nitrogens is 1. The lowest BCUT2D eigenvalue weighted by Gasteiger charge is -2.14. The number of aliphatic hydroxyl groups excluding tert-OH is 2. The Kier molecular flexibility index (Phi) is 5.74. The van der Waals surface area contributed by atoms with Crippen LogP contribution in [-0.2, 0) is 9.59 Å². The number of hydrogen-bond donors (Lipinski definition) is 5. The quantitative estimate of drug-likeness (QED) is 0.243. The van der Waals surface area contributed by atoms with E-state index < -0.39 is 23.8 Å². The lowest BCUT2D eigenvalue weighted by atomic mass is 9.99. The van der Waals surface area contributed by atoms with E-state index in [0.29, 0.717) is 28.4 Å². The minimum absolute atomic E-state index is 0.200. The highest BCUT2D eigenvalue weighted by atomic mass is 32.1. The second-order valence-electron chi connectivity index (χ2n) is 9.76. The summed E-state index contributed by atoms with van der Waals surface area (Å²) in [4.78, 5) is 31.4. The smallest absolute Gasteiger partial charge is 0.251 e. The normalized spacial score (nSPS) is 20.4. The van der Waals surface area contributed by atoms with E-state index in [0.717, 1.165) is 26.5 Å². The summed E-state index contributed by atoms with van der Waals surface area (Å²) in [7, 11) is 0. The molecular weight excluding hydrogens is 522 g/mol. The van der Waals surface area contributed by atoms with Gasteiger partial charge in [0.15, 0.2) is 0 Å². The lowest BCUT2D eigenvalue weighted by molar-refractivity contribution is -0.130. The molecule has 2 aromatic carbocycles. The Morgan fingerprint density at radius 2 is 1.38 bits per heavy atom. The van der Waals surface area contributed by atoms with Crippen LogP contribution in [0.4, 0.5) is 0 Å². The van der Waals surface area contributed by atoms with Gasteiger partial charge in [0.2, 0.25) is 0 Å². The molecule has 7 rings (SSSR count). The van der Waals surface area contributed by atoms with Gasteiger partial charge in [-0.3, -0.25) is 9.59 Å². The van der Waals surface area contributed by atoms with Crippen molar-refractivity contribution in [3.63, 3.8) is 0 Å². The van der Waals surface area contributed by atoms with Gasteiger partial charge < -0.3 is 25.8 Å². The van der Waals surface area contributed by atoms with Crippen molar-refractivity contribution >= 4 is 46.2 Å². The number of ketones is 2. The third-order valence-electron chi connectivity index (χ3n) is 7.22. The van der Waals surface area contributed by atoms with Crippen LogP contribution in [0.3, 0.4) is 0 Å². The standard InChI is InChI=1S/C32H23N3O4S/c36-29-22-15-19-11-13-21(33-19)25(17-7-3-1-4-8-17)27-31(38)30(37)23(35-27)16-20-12-14-24(40-20)26(28(34-22)32(29)39)18-9-5-2-6-10-18/h1-16,29,32-36,39H. The van der Waals surface area contributed by atoms with Crippen molar-refractivity contribution in [3.05, 3.63) is 140 Å². The van der Waals surface area contributed by atoms with Crippen LogP contribution in [0.25, 0.3) is 23.3 Å². The highest BCUT2D eigenvalue weighted by Crippen LogP contribution is 2.38. The van der Waals surface area contributed by atoms with Gasteiger partial charge in [-0.15, -0.1) is 11.3 Å². The molecule has 5 heterocycles. The molecule has 2 unspecified atom stereocenters. The molecule has 8 bridgehead atoms. The van der Waals surface area contributed by atoms with Gasteiger partial charge in [0.25, 0.3) is 11.6 Å². The third kappa shape index (κ3) is 3.97. The van der Waals surface area contributed by atoms with Crippen molar-refractivity contribution in [2.75, 3.05) is 0 Å². The number of Topliss-reactive ketones (excluding diaryl/α,β-unsaturated/α-hetero) is 2. The molecule has 3 aliphatic rings. The van der Waals surface area contributed by atoms with Gasteiger partial charge in [-0.1, -0.05) is 60.7 Å². The number of aromatic amines is 1. The summed E-state index contributed by atoms with van der Waals surface area (Å²) in [5.41, 5.74) is 5.55. The van der Waals surface area contributed by atoms with E-state index >= 15 is 0 Å². The number of carbonyl (C=O) groups is 2. The Bertz CT molecular complexity index is 1810. The molecule has 0 radical (unpaired) electrons. The maximum Gasteiger partial charge on any atom is 0.251 e. The molecule has 3 aliphatic heterocycles. The molecule has 2 saturated heterocycles. The molecule has 2 fully saturated rings. The summed E-state index contributed by atoms with van der Waals surface area (Å²) in [5.74, 6) is -1.20. The Labute approximate surface area is 233 Å². The van der Waals surface area contributed by atoms with Crippen LogP contribution in [-0.4, -0.2) is 39.0 Å². The van der Waals surface area contributed by atoms with Crippen LogP contribution in [0.2, 0.25) is 0 Å². The summed E-state index contributed by atoms with van der Waals surface area (Å²) in [6.45, 7) is 0. The van der Waals surface area contributed by atoms with Crippen molar-refractivity contribution in [1.82, 2.24) is 15.6 Å². The topological polar surface area (TPSA) is 114 Å². The van der Waals surface area contributed by atoms with Gasteiger partial charge in [-0.05, 0) is 47.5 Å². The molecule has 8 heteroatoms. The number of nitrogens with one attached hydrogen (secondary N) is 3. The molecule has 196 valence electrons. The second-order valence-corrected chi connectivity index (χ2v) is 10.9. The van der Waals surface area contributed by atoms with E-state index in [1.807, 2.05) is 84.9 Å². The number of fused-ring (bicyclic) bond motifs is 8. The number of aliphatic hydroxyl groups is 2. The van der Waals surface area contributed by atoms with E-state index in [1.54, 1.807) is 12.2 Å². The minimum atomic E-state index is -1.17. The summed E-state index contributed by atoms with van der Waals surface area (Å²) < 4.78 is 0. The first-order valence-electron chi connectivity index (χ1n) is 12.8. The predicted molar refractivity (Wildman–Crippen MR) is 154 cm³/mol. The maximum absolute atomic E-state index is 13.3. The van der Waals surface area contributed by atoms with Crippen LogP contribution in [0, 0.1) is 0 Å². The summed E-state index contributed by atoms with van der Waals surface area (Å²) in [6, 6.07) is 26.5. The highest BCUT2D eigenvalue weighted by molar-refractivity contribution is 7.14. The van der Waals surface area contributed by atoms with Crippen LogP contribution in [0.15, 0.2) is 108 Å². The molecule has 0 saturated carbocycles. The van der Waals surface area contributed by atoms with Crippen molar-refractivity contribution in [2.24, 2.45) is 0 Å². The fourth-order valence-corrected chi connectivity index (χ4v) is 6.35. The molecule has 0 aliphatic carbocycles. The molecular formula is C32H23N3O4S. The summed E-state index contributed by atoms with van der Waals surface area (Å²) in [6.07, 6.45) is 1.09. The van der Waals surface area contributed by atoms with Crippen LogP contribution >= 0.6 is 11.3 Å². The van der Waals surface area contributed by atoms with Crippen molar-refractivity contribution < 1.29 is 19.8 Å². The van der Waals surface area contributed by atoms with Crippen molar-refractivity contribution in [3.8, 4) is 0 Å². The lowest BCUT2D eigenvalue weighted by Crippen LogP contribution is -2.21. The highest BCUT2D eigenvalue weighted by Gasteiger charge is 2.37. The zero-order valence-corrected chi connectivity index (χ0v) is 21.8. The Morgan fingerprint density at radius 1 is 0.675 bits per heavy atom. The van der Waals surface area contributed by atoms with E-state index in [9.17, 15) is 19.8 Å². The zero-order chi connectivity index (χ0) is 27.4. The molecule has 40 heavy (non-hydrogen) atoms. The third-order valence-corrected chi connectivity index (χ3v) is 8.27. The van der Waals surface area contributed by atoms with Crippen LogP contribution in [0.1, 0.15) is 32.3 Å². The first-order valence-corrected chi connectivity index (χ1v) is 13.6. The largest absolute Gasteiger partial charge is 0.384 e. The van der Waals surface area contributed by atoms with Gasteiger partial charge in [0, 0.05) is 38.0 Å². The molecule has 5 N–H and O–H groups in total. The summed E-state index contributed by atoms with van der Waals surface area (Å²) >= 11 is 1.42. The molecule has 0 amide bonds. The minimum Gasteiger partial charge on any atom is -0.384 e. The second kappa shape index (κ2) is 9.46. The number of thiophene rings is 1. The average Bonchev–Trinajstić information content (AvgIpc) is 3.74. The Hall–Kier alpha value is -4.76. The zero-order valence-electron chi connectivity index (χ0n) is 21.0. The summed E-state index contributed by atoms with van der Waals surface area (Å²) in [5, 5.41) is 28.6. The molecule has 0 spiro atoms.